The molecular weight excluding hydrogens is 288 g/mol. The lowest BCUT2D eigenvalue weighted by Gasteiger charge is -2.00. The highest BCUT2D eigenvalue weighted by Gasteiger charge is 2.26. The summed E-state index contributed by atoms with van der Waals surface area (Å²) in [4.78, 5) is 15.3. The summed E-state index contributed by atoms with van der Waals surface area (Å²) in [6, 6.07) is 3.38. The van der Waals surface area contributed by atoms with E-state index in [-0.39, 0.29) is 18.1 Å². The molecule has 0 aliphatic heterocycles. The number of rotatable bonds is 4. The molecule has 1 aliphatic carbocycles. The van der Waals surface area contributed by atoms with Crippen molar-refractivity contribution in [1.82, 2.24) is 29.6 Å². The number of aromatic nitrogens is 6. The van der Waals surface area contributed by atoms with E-state index in [1.807, 2.05) is 0 Å². The van der Waals surface area contributed by atoms with E-state index in [1.54, 1.807) is 12.1 Å². The number of carboxylic acid groups (broad SMARTS) is 1. The van der Waals surface area contributed by atoms with E-state index < -0.39 is 5.97 Å². The van der Waals surface area contributed by atoms with Gasteiger partial charge in [0.25, 0.3) is 0 Å². The van der Waals surface area contributed by atoms with Crippen molar-refractivity contribution in [2.75, 3.05) is 0 Å². The molecule has 112 valence electrons. The fourth-order valence-electron chi connectivity index (χ4n) is 2.33. The lowest BCUT2D eigenvalue weighted by Crippen LogP contribution is -2.01. The summed E-state index contributed by atoms with van der Waals surface area (Å²) in [7, 11) is 0. The molecule has 4 rings (SSSR count). The predicted molar refractivity (Wildman–Crippen MR) is 72.7 cm³/mol. The highest BCUT2D eigenvalue weighted by Crippen LogP contribution is 2.40. The minimum absolute atomic E-state index is 0.0444. The van der Waals surface area contributed by atoms with Crippen LogP contribution in [-0.4, -0.2) is 45.8 Å². The molecule has 0 aromatic carbocycles. The number of hydrogen-bond acceptors (Lipinski definition) is 6. The van der Waals surface area contributed by atoms with Crippen LogP contribution < -0.4 is 0 Å². The Kier molecular flexibility index (Phi) is 2.62. The first-order valence-electron chi connectivity index (χ1n) is 6.82. The SMILES string of the molecule is O=C(O)c1cn(Cc2cc3nc(C4CC4)cc(O)n3n2)nn1. The quantitative estimate of drug-likeness (QED) is 0.726. The second-order valence-electron chi connectivity index (χ2n) is 5.33. The minimum atomic E-state index is -1.13. The van der Waals surface area contributed by atoms with Crippen LogP contribution in [0.5, 0.6) is 5.88 Å². The monoisotopic (exact) mass is 300 g/mol. The van der Waals surface area contributed by atoms with Crippen LogP contribution in [0.1, 0.15) is 40.6 Å². The zero-order chi connectivity index (χ0) is 15.3. The molecule has 3 aromatic rings. The van der Waals surface area contributed by atoms with Crippen molar-refractivity contribution in [2.45, 2.75) is 25.3 Å². The van der Waals surface area contributed by atoms with E-state index in [1.165, 1.54) is 15.4 Å². The van der Waals surface area contributed by atoms with Gasteiger partial charge in [-0.2, -0.15) is 9.61 Å². The third-order valence-electron chi connectivity index (χ3n) is 3.56. The van der Waals surface area contributed by atoms with E-state index in [2.05, 4.69) is 20.4 Å². The van der Waals surface area contributed by atoms with Gasteiger partial charge < -0.3 is 10.2 Å². The van der Waals surface area contributed by atoms with Crippen molar-refractivity contribution in [3.05, 3.63) is 35.4 Å². The van der Waals surface area contributed by atoms with Crippen LogP contribution in [0.15, 0.2) is 18.3 Å². The summed E-state index contributed by atoms with van der Waals surface area (Å²) < 4.78 is 2.74. The van der Waals surface area contributed by atoms with Crippen LogP contribution >= 0.6 is 0 Å². The first-order chi connectivity index (χ1) is 10.6. The average Bonchev–Trinajstić information content (AvgIpc) is 3.08. The number of aromatic carboxylic acids is 1. The molecular formula is C13H12N6O3. The number of fused-ring (bicyclic) bond motifs is 1. The molecule has 0 radical (unpaired) electrons. The summed E-state index contributed by atoms with van der Waals surface area (Å²) in [5, 5.41) is 30.4. The third-order valence-corrected chi connectivity index (χ3v) is 3.56. The highest BCUT2D eigenvalue weighted by molar-refractivity contribution is 5.84. The van der Waals surface area contributed by atoms with Crippen LogP contribution in [0, 0.1) is 0 Å². The van der Waals surface area contributed by atoms with Crippen molar-refractivity contribution in [1.29, 1.82) is 0 Å². The lowest BCUT2D eigenvalue weighted by molar-refractivity contribution is 0.0690. The molecule has 1 aliphatic rings. The van der Waals surface area contributed by atoms with Crippen LogP contribution in [-0.2, 0) is 6.54 Å². The molecule has 1 saturated carbocycles. The minimum Gasteiger partial charge on any atom is -0.493 e. The number of hydrogen-bond donors (Lipinski definition) is 2. The maximum Gasteiger partial charge on any atom is 0.358 e. The van der Waals surface area contributed by atoms with E-state index in [0.29, 0.717) is 17.3 Å². The summed E-state index contributed by atoms with van der Waals surface area (Å²) in [5.41, 5.74) is 1.93. The molecule has 22 heavy (non-hydrogen) atoms. The first-order valence-corrected chi connectivity index (χ1v) is 6.82. The average molecular weight is 300 g/mol. The number of aromatic hydroxyl groups is 1. The fraction of sp³-hybridized carbons (Fsp3) is 0.308. The van der Waals surface area contributed by atoms with Gasteiger partial charge in [0.1, 0.15) is 0 Å². The van der Waals surface area contributed by atoms with Crippen molar-refractivity contribution in [3.63, 3.8) is 0 Å². The Morgan fingerprint density at radius 1 is 1.36 bits per heavy atom. The molecule has 3 aromatic heterocycles. The second kappa shape index (κ2) is 4.52. The van der Waals surface area contributed by atoms with Crippen LogP contribution in [0.25, 0.3) is 5.65 Å². The summed E-state index contributed by atoms with van der Waals surface area (Å²) in [5.74, 6) is -0.653. The smallest absolute Gasteiger partial charge is 0.358 e. The maximum absolute atomic E-state index is 10.8. The largest absolute Gasteiger partial charge is 0.493 e. The van der Waals surface area contributed by atoms with E-state index in [0.717, 1.165) is 18.5 Å². The van der Waals surface area contributed by atoms with Gasteiger partial charge in [-0.15, -0.1) is 5.10 Å². The van der Waals surface area contributed by atoms with Gasteiger partial charge in [-0.25, -0.2) is 14.5 Å². The van der Waals surface area contributed by atoms with Gasteiger partial charge in [0.2, 0.25) is 5.88 Å². The Labute approximate surface area is 123 Å². The standard InChI is InChI=1S/C13H12N6O3/c20-12-4-9(7-1-2-7)14-11-3-8(16-19(11)12)5-18-6-10(13(21)22)15-17-18/h3-4,6-7,20H,1-2,5H2,(H,21,22). The molecule has 0 spiro atoms. The molecule has 0 saturated heterocycles. The van der Waals surface area contributed by atoms with Gasteiger partial charge in [0, 0.05) is 18.1 Å². The van der Waals surface area contributed by atoms with Gasteiger partial charge in [-0.3, -0.25) is 0 Å². The summed E-state index contributed by atoms with van der Waals surface area (Å²) in [6.45, 7) is 0.252. The van der Waals surface area contributed by atoms with Crippen molar-refractivity contribution >= 4 is 11.6 Å². The maximum atomic E-state index is 10.8. The predicted octanol–water partition coefficient (Wildman–Crippen LogP) is 0.650. The lowest BCUT2D eigenvalue weighted by atomic mass is 10.3. The molecule has 0 bridgehead atoms. The number of carbonyl (C=O) groups is 1. The zero-order valence-electron chi connectivity index (χ0n) is 11.4. The van der Waals surface area contributed by atoms with E-state index in [9.17, 15) is 9.90 Å². The Hall–Kier alpha value is -2.97. The van der Waals surface area contributed by atoms with Crippen LogP contribution in [0.4, 0.5) is 0 Å². The molecule has 0 unspecified atom stereocenters. The topological polar surface area (TPSA) is 118 Å². The summed E-state index contributed by atoms with van der Waals surface area (Å²) in [6.07, 6.45) is 3.52. The second-order valence-corrected chi connectivity index (χ2v) is 5.33. The van der Waals surface area contributed by atoms with Crippen LogP contribution in [0.3, 0.4) is 0 Å². The van der Waals surface area contributed by atoms with Gasteiger partial charge >= 0.3 is 5.97 Å². The first kappa shape index (κ1) is 12.7. The fourth-order valence-corrected chi connectivity index (χ4v) is 2.33. The Morgan fingerprint density at radius 3 is 2.86 bits per heavy atom. The number of nitrogens with zero attached hydrogens (tertiary/aromatic N) is 6. The zero-order valence-corrected chi connectivity index (χ0v) is 11.4. The van der Waals surface area contributed by atoms with Gasteiger partial charge in [0.05, 0.1) is 24.1 Å². The Bertz CT molecular complexity index is 879. The molecule has 3 heterocycles. The third kappa shape index (κ3) is 2.16. The molecule has 0 amide bonds. The van der Waals surface area contributed by atoms with Crippen LogP contribution in [0.2, 0.25) is 0 Å². The van der Waals surface area contributed by atoms with E-state index >= 15 is 0 Å². The molecule has 0 atom stereocenters. The highest BCUT2D eigenvalue weighted by atomic mass is 16.4. The van der Waals surface area contributed by atoms with E-state index in [4.69, 9.17) is 5.11 Å². The van der Waals surface area contributed by atoms with Crippen molar-refractivity contribution in [2.24, 2.45) is 0 Å². The van der Waals surface area contributed by atoms with Crippen molar-refractivity contribution < 1.29 is 15.0 Å². The molecule has 1 fully saturated rings. The Morgan fingerprint density at radius 2 is 2.18 bits per heavy atom. The normalized spacial score (nSPS) is 14.5. The Balaban J connectivity index is 1.66. The van der Waals surface area contributed by atoms with Gasteiger partial charge in [0.15, 0.2) is 11.3 Å². The molecule has 9 heteroatoms. The number of carboxylic acids is 1. The summed E-state index contributed by atoms with van der Waals surface area (Å²) >= 11 is 0. The van der Waals surface area contributed by atoms with Gasteiger partial charge in [-0.1, -0.05) is 5.21 Å². The van der Waals surface area contributed by atoms with Crippen molar-refractivity contribution in [3.8, 4) is 5.88 Å². The molecule has 9 nitrogen and oxygen atoms in total. The van der Waals surface area contributed by atoms with Gasteiger partial charge in [-0.05, 0) is 12.8 Å². The molecule has 2 N–H and O–H groups in total.